The maximum absolute atomic E-state index is 6.44. The van der Waals surface area contributed by atoms with Gasteiger partial charge in [0.1, 0.15) is 5.75 Å². The third-order valence-corrected chi connectivity index (χ3v) is 3.60. The van der Waals surface area contributed by atoms with Crippen LogP contribution in [0.3, 0.4) is 0 Å². The van der Waals surface area contributed by atoms with Crippen molar-refractivity contribution in [1.82, 2.24) is 0 Å². The lowest BCUT2D eigenvalue weighted by Crippen LogP contribution is -2.06. The van der Waals surface area contributed by atoms with Gasteiger partial charge in [-0.2, -0.15) is 0 Å². The number of rotatable bonds is 6. The van der Waals surface area contributed by atoms with Gasteiger partial charge in [-0.1, -0.05) is 48.5 Å². The summed E-state index contributed by atoms with van der Waals surface area (Å²) in [6.45, 7) is 0. The van der Waals surface area contributed by atoms with E-state index in [1.807, 2.05) is 24.3 Å². The predicted octanol–water partition coefficient (Wildman–Crippen LogP) is 4.48. The molecule has 0 radical (unpaired) electrons. The summed E-state index contributed by atoms with van der Waals surface area (Å²) in [5.41, 5.74) is 2.52. The molecule has 100 valence electrons. The number of aryl methyl sites for hydroxylation is 1. The number of alkyl halides is 1. The molecule has 2 heteroatoms. The number of benzene rings is 2. The van der Waals surface area contributed by atoms with Crippen molar-refractivity contribution in [2.45, 2.75) is 24.6 Å². The van der Waals surface area contributed by atoms with Crippen LogP contribution in [0.4, 0.5) is 0 Å². The topological polar surface area (TPSA) is 9.23 Å². The third kappa shape index (κ3) is 4.29. The first-order chi connectivity index (χ1) is 9.29. The lowest BCUT2D eigenvalue weighted by Gasteiger charge is -2.12. The van der Waals surface area contributed by atoms with Crippen LogP contribution in [0.25, 0.3) is 0 Å². The van der Waals surface area contributed by atoms with Gasteiger partial charge in [0.05, 0.1) is 7.11 Å². The number of hydrogen-bond acceptors (Lipinski definition) is 1. The Morgan fingerprint density at radius 2 is 1.68 bits per heavy atom. The molecule has 0 heterocycles. The van der Waals surface area contributed by atoms with Crippen molar-refractivity contribution in [3.8, 4) is 5.75 Å². The summed E-state index contributed by atoms with van der Waals surface area (Å²) in [4.78, 5) is 0. The summed E-state index contributed by atoms with van der Waals surface area (Å²) in [5.74, 6) is 0.924. The molecule has 0 bridgehead atoms. The quantitative estimate of drug-likeness (QED) is 0.706. The Morgan fingerprint density at radius 3 is 2.42 bits per heavy atom. The summed E-state index contributed by atoms with van der Waals surface area (Å²) >= 11 is 6.44. The van der Waals surface area contributed by atoms with Crippen LogP contribution >= 0.6 is 11.6 Å². The Bertz CT molecular complexity index is 496. The molecule has 0 aliphatic rings. The average Bonchev–Trinajstić information content (AvgIpc) is 2.47. The molecule has 0 aliphatic carbocycles. The fourth-order valence-electron chi connectivity index (χ4n) is 2.18. The zero-order chi connectivity index (χ0) is 13.5. The van der Waals surface area contributed by atoms with Crippen molar-refractivity contribution in [2.75, 3.05) is 7.11 Å². The largest absolute Gasteiger partial charge is 0.496 e. The molecule has 1 unspecified atom stereocenters. The molecular weight excluding hydrogens is 256 g/mol. The molecular formula is C17H19ClO. The second-order valence-corrected chi connectivity index (χ2v) is 5.25. The molecule has 1 nitrogen and oxygen atoms in total. The maximum Gasteiger partial charge on any atom is 0.122 e. The van der Waals surface area contributed by atoms with Crippen molar-refractivity contribution in [2.24, 2.45) is 0 Å². The highest BCUT2D eigenvalue weighted by Crippen LogP contribution is 2.22. The zero-order valence-corrected chi connectivity index (χ0v) is 11.9. The van der Waals surface area contributed by atoms with E-state index in [9.17, 15) is 0 Å². The summed E-state index contributed by atoms with van der Waals surface area (Å²) in [6, 6.07) is 18.5. The monoisotopic (exact) mass is 274 g/mol. The molecule has 19 heavy (non-hydrogen) atoms. The number of hydrogen-bond donors (Lipinski definition) is 0. The van der Waals surface area contributed by atoms with Crippen molar-refractivity contribution in [3.63, 3.8) is 0 Å². The molecule has 2 aromatic carbocycles. The van der Waals surface area contributed by atoms with E-state index in [2.05, 4.69) is 30.3 Å². The Morgan fingerprint density at radius 1 is 1.00 bits per heavy atom. The van der Waals surface area contributed by atoms with Gasteiger partial charge in [-0.15, -0.1) is 11.6 Å². The first-order valence-electron chi connectivity index (χ1n) is 6.59. The smallest absolute Gasteiger partial charge is 0.122 e. The summed E-state index contributed by atoms with van der Waals surface area (Å²) in [5, 5.41) is 0.136. The molecule has 0 N–H and O–H groups in total. The van der Waals surface area contributed by atoms with E-state index in [1.54, 1.807) is 7.11 Å². The predicted molar refractivity (Wildman–Crippen MR) is 81.1 cm³/mol. The van der Waals surface area contributed by atoms with Gasteiger partial charge in [0.25, 0.3) is 0 Å². The highest BCUT2D eigenvalue weighted by Gasteiger charge is 2.09. The minimum absolute atomic E-state index is 0.136. The molecule has 2 aromatic rings. The number of ether oxygens (including phenoxy) is 1. The van der Waals surface area contributed by atoms with Gasteiger partial charge in [0, 0.05) is 5.38 Å². The van der Waals surface area contributed by atoms with E-state index in [0.29, 0.717) is 0 Å². The van der Waals surface area contributed by atoms with Crippen LogP contribution in [0.5, 0.6) is 5.75 Å². The van der Waals surface area contributed by atoms with Crippen molar-refractivity contribution in [3.05, 3.63) is 65.7 Å². The van der Waals surface area contributed by atoms with E-state index < -0.39 is 0 Å². The third-order valence-electron chi connectivity index (χ3n) is 3.22. The molecule has 0 saturated carbocycles. The normalized spacial score (nSPS) is 12.1. The minimum Gasteiger partial charge on any atom is -0.496 e. The Hall–Kier alpha value is -1.47. The van der Waals surface area contributed by atoms with E-state index >= 15 is 0 Å². The van der Waals surface area contributed by atoms with Crippen LogP contribution in [0, 0.1) is 0 Å². The minimum atomic E-state index is 0.136. The first kappa shape index (κ1) is 14.0. The molecule has 0 fully saturated rings. The first-order valence-corrected chi connectivity index (χ1v) is 7.03. The van der Waals surface area contributed by atoms with Gasteiger partial charge in [0.15, 0.2) is 0 Å². The van der Waals surface area contributed by atoms with Gasteiger partial charge in [-0.25, -0.2) is 0 Å². The van der Waals surface area contributed by atoms with Crippen LogP contribution in [-0.2, 0) is 12.8 Å². The molecule has 0 aromatic heterocycles. The number of halogens is 1. The highest BCUT2D eigenvalue weighted by molar-refractivity contribution is 6.20. The van der Waals surface area contributed by atoms with Crippen molar-refractivity contribution in [1.29, 1.82) is 0 Å². The van der Waals surface area contributed by atoms with Gasteiger partial charge in [-0.3, -0.25) is 0 Å². The van der Waals surface area contributed by atoms with Crippen LogP contribution < -0.4 is 4.74 Å². The van der Waals surface area contributed by atoms with E-state index in [4.69, 9.17) is 16.3 Å². The Kier molecular flexibility index (Phi) is 5.29. The van der Waals surface area contributed by atoms with E-state index in [-0.39, 0.29) is 5.38 Å². The second kappa shape index (κ2) is 7.20. The van der Waals surface area contributed by atoms with Gasteiger partial charge >= 0.3 is 0 Å². The molecule has 0 aliphatic heterocycles. The Labute approximate surface area is 120 Å². The van der Waals surface area contributed by atoms with E-state index in [1.165, 1.54) is 11.1 Å². The van der Waals surface area contributed by atoms with Crippen LogP contribution in [0.1, 0.15) is 17.5 Å². The number of methoxy groups -OCH3 is 1. The van der Waals surface area contributed by atoms with Crippen LogP contribution in [0.2, 0.25) is 0 Å². The Balaban J connectivity index is 1.89. The molecule has 1 atom stereocenters. The summed E-state index contributed by atoms with van der Waals surface area (Å²) in [7, 11) is 1.70. The van der Waals surface area contributed by atoms with Gasteiger partial charge in [0.2, 0.25) is 0 Å². The van der Waals surface area contributed by atoms with Gasteiger partial charge < -0.3 is 4.74 Å². The molecule has 0 saturated heterocycles. The fourth-order valence-corrected chi connectivity index (χ4v) is 2.46. The average molecular weight is 275 g/mol. The fraction of sp³-hybridized carbons (Fsp3) is 0.294. The van der Waals surface area contributed by atoms with Crippen molar-refractivity contribution < 1.29 is 4.74 Å². The molecule has 0 spiro atoms. The van der Waals surface area contributed by atoms with E-state index in [0.717, 1.165) is 25.0 Å². The number of para-hydroxylation sites is 1. The zero-order valence-electron chi connectivity index (χ0n) is 11.2. The van der Waals surface area contributed by atoms with Crippen molar-refractivity contribution >= 4 is 11.6 Å². The SMILES string of the molecule is COc1ccccc1CC(Cl)CCc1ccccc1. The van der Waals surface area contributed by atoms with Gasteiger partial charge in [-0.05, 0) is 36.5 Å². The highest BCUT2D eigenvalue weighted by atomic mass is 35.5. The summed E-state index contributed by atoms with van der Waals surface area (Å²) < 4.78 is 5.35. The standard InChI is InChI=1S/C17H19ClO/c1-19-17-10-6-5-9-15(17)13-16(18)12-11-14-7-3-2-4-8-14/h2-10,16H,11-13H2,1H3. The molecule has 2 rings (SSSR count). The lowest BCUT2D eigenvalue weighted by atomic mass is 10.0. The van der Waals surface area contributed by atoms with Crippen LogP contribution in [-0.4, -0.2) is 12.5 Å². The van der Waals surface area contributed by atoms with Crippen LogP contribution in [0.15, 0.2) is 54.6 Å². The maximum atomic E-state index is 6.44. The summed E-state index contributed by atoms with van der Waals surface area (Å²) in [6.07, 6.45) is 2.84. The molecule has 0 amide bonds. The second-order valence-electron chi connectivity index (χ2n) is 4.64. The lowest BCUT2D eigenvalue weighted by molar-refractivity contribution is 0.409.